The molecule has 1 aliphatic rings. The Morgan fingerprint density at radius 1 is 1.28 bits per heavy atom. The van der Waals surface area contributed by atoms with Gasteiger partial charge in [0.2, 0.25) is 0 Å². The van der Waals surface area contributed by atoms with Crippen molar-refractivity contribution in [3.8, 4) is 5.75 Å². The van der Waals surface area contributed by atoms with E-state index in [1.165, 1.54) is 11.8 Å². The average molecular weight is 424 g/mol. The van der Waals surface area contributed by atoms with E-state index in [1.807, 2.05) is 0 Å². The first kappa shape index (κ1) is 23.5. The number of sulfone groups is 1. The van der Waals surface area contributed by atoms with Gasteiger partial charge in [-0.2, -0.15) is 0 Å². The van der Waals surface area contributed by atoms with Crippen molar-refractivity contribution in [3.05, 3.63) is 29.3 Å². The Hall–Kier alpha value is -1.76. The number of rotatable bonds is 11. The van der Waals surface area contributed by atoms with E-state index >= 15 is 0 Å². The first-order valence-corrected chi connectivity index (χ1v) is 12.5. The summed E-state index contributed by atoms with van der Waals surface area (Å²) in [5, 5.41) is 6.62. The lowest BCUT2D eigenvalue weighted by Gasteiger charge is -2.19. The van der Waals surface area contributed by atoms with Gasteiger partial charge in [0, 0.05) is 37.4 Å². The quantitative estimate of drug-likeness (QED) is 0.324. The molecule has 0 saturated heterocycles. The first-order chi connectivity index (χ1) is 13.6. The lowest BCUT2D eigenvalue weighted by atomic mass is 10.1. The van der Waals surface area contributed by atoms with Crippen LogP contribution >= 0.6 is 0 Å². The standard InChI is InChI=1S/C22H37N3O3S/c1-17(2)7-6-12-28-20-13-18(3)8-9-19(20)14-24-21(23-4)25-15-22(10-11-22)16-29(5,26)27/h8-9,13,17H,6-7,10-12,14-16H2,1-5H3,(H2,23,24,25). The van der Waals surface area contributed by atoms with E-state index in [1.54, 1.807) is 7.05 Å². The molecule has 0 spiro atoms. The minimum Gasteiger partial charge on any atom is -0.493 e. The van der Waals surface area contributed by atoms with E-state index in [4.69, 9.17) is 4.74 Å². The number of ether oxygens (including phenoxy) is 1. The van der Waals surface area contributed by atoms with Gasteiger partial charge in [-0.15, -0.1) is 0 Å². The van der Waals surface area contributed by atoms with E-state index in [0.29, 0.717) is 25.0 Å². The molecule has 1 aromatic carbocycles. The molecule has 0 radical (unpaired) electrons. The second-order valence-corrected chi connectivity index (χ2v) is 11.0. The third kappa shape index (κ3) is 8.64. The zero-order valence-electron chi connectivity index (χ0n) is 18.5. The number of aliphatic imine (C=N–C) groups is 1. The second kappa shape index (κ2) is 10.3. The van der Waals surface area contributed by atoms with Crippen LogP contribution in [0.15, 0.2) is 23.2 Å². The Labute approximate surface area is 176 Å². The summed E-state index contributed by atoms with van der Waals surface area (Å²) in [6, 6.07) is 6.24. The minimum atomic E-state index is -2.97. The molecule has 6 nitrogen and oxygen atoms in total. The minimum absolute atomic E-state index is 0.139. The highest BCUT2D eigenvalue weighted by molar-refractivity contribution is 7.90. The molecule has 0 unspecified atom stereocenters. The smallest absolute Gasteiger partial charge is 0.191 e. The molecular formula is C22H37N3O3S. The monoisotopic (exact) mass is 423 g/mol. The molecule has 0 atom stereocenters. The van der Waals surface area contributed by atoms with Crippen molar-refractivity contribution in [2.75, 3.05) is 32.2 Å². The van der Waals surface area contributed by atoms with Crippen molar-refractivity contribution in [2.24, 2.45) is 16.3 Å². The summed E-state index contributed by atoms with van der Waals surface area (Å²) < 4.78 is 29.3. The average Bonchev–Trinajstić information content (AvgIpc) is 3.37. The van der Waals surface area contributed by atoms with Crippen LogP contribution in [-0.4, -0.2) is 46.6 Å². The van der Waals surface area contributed by atoms with Gasteiger partial charge in [-0.3, -0.25) is 4.99 Å². The normalized spacial score (nSPS) is 16.0. The van der Waals surface area contributed by atoms with Gasteiger partial charge in [0.05, 0.1) is 12.4 Å². The van der Waals surface area contributed by atoms with Crippen molar-refractivity contribution in [3.63, 3.8) is 0 Å². The molecule has 164 valence electrons. The van der Waals surface area contributed by atoms with Crippen molar-refractivity contribution >= 4 is 15.8 Å². The highest BCUT2D eigenvalue weighted by Gasteiger charge is 2.45. The van der Waals surface area contributed by atoms with Crippen LogP contribution in [-0.2, 0) is 16.4 Å². The molecule has 0 heterocycles. The van der Waals surface area contributed by atoms with Crippen LogP contribution in [0.3, 0.4) is 0 Å². The van der Waals surface area contributed by atoms with Crippen molar-refractivity contribution in [1.82, 2.24) is 10.6 Å². The lowest BCUT2D eigenvalue weighted by molar-refractivity contribution is 0.294. The summed E-state index contributed by atoms with van der Waals surface area (Å²) in [5.41, 5.74) is 2.12. The van der Waals surface area contributed by atoms with Crippen molar-refractivity contribution in [2.45, 2.75) is 53.0 Å². The van der Waals surface area contributed by atoms with Crippen molar-refractivity contribution in [1.29, 1.82) is 0 Å². The van der Waals surface area contributed by atoms with E-state index in [0.717, 1.165) is 43.6 Å². The van der Waals surface area contributed by atoms with Gasteiger partial charge in [0.25, 0.3) is 0 Å². The SMILES string of the molecule is CN=C(NCc1ccc(C)cc1OCCCC(C)C)NCC1(CS(C)(=O)=O)CC1. The third-order valence-corrected chi connectivity index (χ3v) is 6.37. The summed E-state index contributed by atoms with van der Waals surface area (Å²) in [6.07, 6.45) is 5.39. The third-order valence-electron chi connectivity index (χ3n) is 5.23. The maximum Gasteiger partial charge on any atom is 0.191 e. The molecule has 1 aromatic rings. The van der Waals surface area contributed by atoms with Gasteiger partial charge < -0.3 is 15.4 Å². The summed E-state index contributed by atoms with van der Waals surface area (Å²) in [5.74, 6) is 2.50. The molecule has 2 rings (SSSR count). The molecule has 1 fully saturated rings. The number of nitrogens with zero attached hydrogens (tertiary/aromatic N) is 1. The Balaban J connectivity index is 1.88. The van der Waals surface area contributed by atoms with Gasteiger partial charge in [0.15, 0.2) is 5.96 Å². The molecule has 0 bridgehead atoms. The second-order valence-electron chi connectivity index (χ2n) is 8.85. The van der Waals surface area contributed by atoms with Gasteiger partial charge >= 0.3 is 0 Å². The number of hydrogen-bond donors (Lipinski definition) is 2. The summed E-state index contributed by atoms with van der Waals surface area (Å²) in [7, 11) is -1.25. The fourth-order valence-electron chi connectivity index (χ4n) is 3.39. The van der Waals surface area contributed by atoms with Crippen LogP contribution in [0.5, 0.6) is 5.75 Å². The number of aryl methyl sites for hydroxylation is 1. The van der Waals surface area contributed by atoms with Crippen LogP contribution < -0.4 is 15.4 Å². The van der Waals surface area contributed by atoms with Crippen molar-refractivity contribution < 1.29 is 13.2 Å². The molecule has 29 heavy (non-hydrogen) atoms. The number of benzene rings is 1. The predicted molar refractivity (Wildman–Crippen MR) is 120 cm³/mol. The van der Waals surface area contributed by atoms with E-state index in [9.17, 15) is 8.42 Å². The first-order valence-electron chi connectivity index (χ1n) is 10.5. The van der Waals surface area contributed by atoms with Gasteiger partial charge in [-0.25, -0.2) is 8.42 Å². The number of guanidine groups is 1. The highest BCUT2D eigenvalue weighted by Crippen LogP contribution is 2.46. The highest BCUT2D eigenvalue weighted by atomic mass is 32.2. The lowest BCUT2D eigenvalue weighted by Crippen LogP contribution is -2.41. The Kier molecular flexibility index (Phi) is 8.37. The van der Waals surface area contributed by atoms with Gasteiger partial charge in [0.1, 0.15) is 15.6 Å². The zero-order chi connectivity index (χ0) is 21.5. The molecule has 0 aliphatic heterocycles. The van der Waals surface area contributed by atoms with E-state index in [2.05, 4.69) is 54.6 Å². The fourth-order valence-corrected chi connectivity index (χ4v) is 4.89. The number of nitrogens with one attached hydrogen (secondary N) is 2. The predicted octanol–water partition coefficient (Wildman–Crippen LogP) is 3.30. The van der Waals surface area contributed by atoms with E-state index < -0.39 is 9.84 Å². The Morgan fingerprint density at radius 3 is 2.59 bits per heavy atom. The summed E-state index contributed by atoms with van der Waals surface area (Å²) >= 11 is 0. The summed E-state index contributed by atoms with van der Waals surface area (Å²) in [4.78, 5) is 4.28. The van der Waals surface area contributed by atoms with Gasteiger partial charge in [-0.05, 0) is 50.2 Å². The molecule has 1 aliphatic carbocycles. The van der Waals surface area contributed by atoms with Crippen LogP contribution in [0.2, 0.25) is 0 Å². The van der Waals surface area contributed by atoms with Gasteiger partial charge in [-0.1, -0.05) is 26.0 Å². The van der Waals surface area contributed by atoms with Crippen LogP contribution in [0.25, 0.3) is 0 Å². The fraction of sp³-hybridized carbons (Fsp3) is 0.682. The largest absolute Gasteiger partial charge is 0.493 e. The van der Waals surface area contributed by atoms with Crippen LogP contribution in [0, 0.1) is 18.3 Å². The molecular weight excluding hydrogens is 386 g/mol. The summed E-state index contributed by atoms with van der Waals surface area (Å²) in [6.45, 7) is 8.44. The molecule has 7 heteroatoms. The molecule has 1 saturated carbocycles. The zero-order valence-corrected chi connectivity index (χ0v) is 19.4. The molecule has 0 amide bonds. The molecule has 0 aromatic heterocycles. The maximum atomic E-state index is 11.6. The van der Waals surface area contributed by atoms with E-state index in [-0.39, 0.29) is 11.2 Å². The Bertz CT molecular complexity index is 800. The topological polar surface area (TPSA) is 79.8 Å². The van der Waals surface area contributed by atoms with Crippen LogP contribution in [0.1, 0.15) is 50.7 Å². The number of hydrogen-bond acceptors (Lipinski definition) is 4. The molecule has 2 N–H and O–H groups in total. The maximum absolute atomic E-state index is 11.6. The Morgan fingerprint density at radius 2 is 2.00 bits per heavy atom. The van der Waals surface area contributed by atoms with Crippen LogP contribution in [0.4, 0.5) is 0 Å².